The maximum atomic E-state index is 12.0. The first-order chi connectivity index (χ1) is 7.57. The number of pyridine rings is 1. The molecule has 0 saturated carbocycles. The van der Waals surface area contributed by atoms with Gasteiger partial charge < -0.3 is 15.4 Å². The quantitative estimate of drug-likeness (QED) is 0.818. The average molecular weight is 223 g/mol. The van der Waals surface area contributed by atoms with Crippen molar-refractivity contribution in [2.45, 2.75) is 13.0 Å². The standard InChI is InChI=1S/C11H17N3O2/c1-8(7-16-3)14(2)11(15)9-6-13-5-4-10(9)12/h4-6,8H,7H2,1-3H3,(H2,12,13). The minimum Gasteiger partial charge on any atom is -0.398 e. The van der Waals surface area contributed by atoms with E-state index in [9.17, 15) is 4.79 Å². The summed E-state index contributed by atoms with van der Waals surface area (Å²) in [6.07, 6.45) is 3.04. The van der Waals surface area contributed by atoms with Crippen molar-refractivity contribution in [1.29, 1.82) is 0 Å². The van der Waals surface area contributed by atoms with Crippen LogP contribution in [0.5, 0.6) is 0 Å². The van der Waals surface area contributed by atoms with Gasteiger partial charge in [0, 0.05) is 32.2 Å². The molecule has 1 unspecified atom stereocenters. The van der Waals surface area contributed by atoms with Crippen molar-refractivity contribution in [2.75, 3.05) is 26.5 Å². The van der Waals surface area contributed by atoms with Crippen molar-refractivity contribution in [3.63, 3.8) is 0 Å². The molecular formula is C11H17N3O2. The average Bonchev–Trinajstić information content (AvgIpc) is 2.28. The van der Waals surface area contributed by atoms with Crippen LogP contribution in [0, 0.1) is 0 Å². The summed E-state index contributed by atoms with van der Waals surface area (Å²) >= 11 is 0. The van der Waals surface area contributed by atoms with E-state index in [4.69, 9.17) is 10.5 Å². The predicted octanol–water partition coefficient (Wildman–Crippen LogP) is 0.771. The largest absolute Gasteiger partial charge is 0.398 e. The molecule has 88 valence electrons. The fourth-order valence-electron chi connectivity index (χ4n) is 1.33. The summed E-state index contributed by atoms with van der Waals surface area (Å²) in [6.45, 7) is 2.40. The molecule has 0 fully saturated rings. The molecule has 0 aliphatic carbocycles. The minimum atomic E-state index is -0.143. The lowest BCUT2D eigenvalue weighted by molar-refractivity contribution is 0.0634. The second-order valence-electron chi connectivity index (χ2n) is 3.68. The Labute approximate surface area is 95.2 Å². The molecule has 0 aromatic carbocycles. The second kappa shape index (κ2) is 5.46. The SMILES string of the molecule is COCC(C)N(C)C(=O)c1cnccc1N. The highest BCUT2D eigenvalue weighted by Crippen LogP contribution is 2.12. The van der Waals surface area contributed by atoms with Crippen LogP contribution >= 0.6 is 0 Å². The van der Waals surface area contributed by atoms with Crippen molar-refractivity contribution < 1.29 is 9.53 Å². The maximum absolute atomic E-state index is 12.0. The number of methoxy groups -OCH3 is 1. The summed E-state index contributed by atoms with van der Waals surface area (Å²) in [5, 5.41) is 0. The third kappa shape index (κ3) is 2.70. The number of hydrogen-bond donors (Lipinski definition) is 1. The molecule has 5 nitrogen and oxygen atoms in total. The summed E-state index contributed by atoms with van der Waals surface area (Å²) in [4.78, 5) is 17.5. The van der Waals surface area contributed by atoms with Crippen LogP contribution in [0.15, 0.2) is 18.5 Å². The molecule has 0 saturated heterocycles. The highest BCUT2D eigenvalue weighted by molar-refractivity contribution is 5.98. The molecular weight excluding hydrogens is 206 g/mol. The monoisotopic (exact) mass is 223 g/mol. The molecule has 16 heavy (non-hydrogen) atoms. The maximum Gasteiger partial charge on any atom is 0.257 e. The van der Waals surface area contributed by atoms with E-state index in [2.05, 4.69) is 4.98 Å². The van der Waals surface area contributed by atoms with Gasteiger partial charge in [-0.05, 0) is 13.0 Å². The van der Waals surface area contributed by atoms with Gasteiger partial charge in [-0.2, -0.15) is 0 Å². The van der Waals surface area contributed by atoms with Crippen LogP contribution in [0.4, 0.5) is 5.69 Å². The predicted molar refractivity (Wildman–Crippen MR) is 62.1 cm³/mol. The number of amides is 1. The topological polar surface area (TPSA) is 68.5 Å². The lowest BCUT2D eigenvalue weighted by Gasteiger charge is -2.24. The van der Waals surface area contributed by atoms with E-state index in [1.54, 1.807) is 31.3 Å². The van der Waals surface area contributed by atoms with Crippen molar-refractivity contribution in [3.8, 4) is 0 Å². The van der Waals surface area contributed by atoms with Gasteiger partial charge in [-0.25, -0.2) is 0 Å². The molecule has 0 bridgehead atoms. The number of carbonyl (C=O) groups excluding carboxylic acids is 1. The highest BCUT2D eigenvalue weighted by Gasteiger charge is 2.19. The molecule has 0 aliphatic rings. The van der Waals surface area contributed by atoms with Gasteiger partial charge in [-0.15, -0.1) is 0 Å². The molecule has 1 rings (SSSR count). The van der Waals surface area contributed by atoms with Gasteiger partial charge in [0.25, 0.3) is 5.91 Å². The summed E-state index contributed by atoms with van der Waals surface area (Å²) in [5.74, 6) is -0.143. The van der Waals surface area contributed by atoms with E-state index in [-0.39, 0.29) is 11.9 Å². The smallest absolute Gasteiger partial charge is 0.257 e. The van der Waals surface area contributed by atoms with Gasteiger partial charge in [0.15, 0.2) is 0 Å². The number of carbonyl (C=O) groups is 1. The number of nitrogens with zero attached hydrogens (tertiary/aromatic N) is 2. The molecule has 0 aliphatic heterocycles. The summed E-state index contributed by atoms with van der Waals surface area (Å²) in [7, 11) is 3.33. The van der Waals surface area contributed by atoms with Gasteiger partial charge in [-0.1, -0.05) is 0 Å². The van der Waals surface area contributed by atoms with Crippen LogP contribution in [-0.2, 0) is 4.74 Å². The second-order valence-corrected chi connectivity index (χ2v) is 3.68. The first-order valence-corrected chi connectivity index (χ1v) is 5.03. The molecule has 0 spiro atoms. The highest BCUT2D eigenvalue weighted by atomic mass is 16.5. The summed E-state index contributed by atoms with van der Waals surface area (Å²) in [6, 6.07) is 1.61. The molecule has 2 N–H and O–H groups in total. The number of rotatable bonds is 4. The van der Waals surface area contributed by atoms with Gasteiger partial charge in [0.05, 0.1) is 18.2 Å². The fourth-order valence-corrected chi connectivity index (χ4v) is 1.33. The Bertz CT molecular complexity index is 368. The lowest BCUT2D eigenvalue weighted by atomic mass is 10.2. The number of hydrogen-bond acceptors (Lipinski definition) is 4. The van der Waals surface area contributed by atoms with E-state index in [1.165, 1.54) is 6.20 Å². The number of ether oxygens (including phenoxy) is 1. The number of anilines is 1. The van der Waals surface area contributed by atoms with Gasteiger partial charge >= 0.3 is 0 Å². The molecule has 0 radical (unpaired) electrons. The van der Waals surface area contributed by atoms with Crippen LogP contribution in [-0.4, -0.2) is 42.6 Å². The van der Waals surface area contributed by atoms with Gasteiger partial charge in [0.1, 0.15) is 0 Å². The van der Waals surface area contributed by atoms with Crippen LogP contribution in [0.25, 0.3) is 0 Å². The Morgan fingerprint density at radius 3 is 2.94 bits per heavy atom. The number of likely N-dealkylation sites (N-methyl/N-ethyl adjacent to an activating group) is 1. The Hall–Kier alpha value is -1.62. The molecule has 1 heterocycles. The Morgan fingerprint density at radius 1 is 1.69 bits per heavy atom. The van der Waals surface area contributed by atoms with Crippen LogP contribution in [0.2, 0.25) is 0 Å². The van der Waals surface area contributed by atoms with Crippen molar-refractivity contribution in [2.24, 2.45) is 0 Å². The number of aromatic nitrogens is 1. The van der Waals surface area contributed by atoms with Crippen molar-refractivity contribution in [3.05, 3.63) is 24.0 Å². The summed E-state index contributed by atoms with van der Waals surface area (Å²) < 4.78 is 5.00. The Morgan fingerprint density at radius 2 is 2.38 bits per heavy atom. The van der Waals surface area contributed by atoms with Gasteiger partial charge in [-0.3, -0.25) is 9.78 Å². The Kier molecular flexibility index (Phi) is 4.25. The number of nitrogen functional groups attached to an aromatic ring is 1. The van der Waals surface area contributed by atoms with Crippen LogP contribution in [0.1, 0.15) is 17.3 Å². The van der Waals surface area contributed by atoms with E-state index in [0.717, 1.165) is 0 Å². The fraction of sp³-hybridized carbons (Fsp3) is 0.455. The third-order valence-electron chi connectivity index (χ3n) is 2.47. The first-order valence-electron chi connectivity index (χ1n) is 5.03. The Balaban J connectivity index is 2.82. The first kappa shape index (κ1) is 12.4. The van der Waals surface area contributed by atoms with Gasteiger partial charge in [0.2, 0.25) is 0 Å². The molecule has 1 atom stereocenters. The summed E-state index contributed by atoms with van der Waals surface area (Å²) in [5.41, 5.74) is 6.58. The van der Waals surface area contributed by atoms with Crippen molar-refractivity contribution >= 4 is 11.6 Å². The lowest BCUT2D eigenvalue weighted by Crippen LogP contribution is -2.38. The number of nitrogens with two attached hydrogens (primary N) is 1. The van der Waals surface area contributed by atoms with E-state index >= 15 is 0 Å². The third-order valence-corrected chi connectivity index (χ3v) is 2.47. The zero-order chi connectivity index (χ0) is 12.1. The van der Waals surface area contributed by atoms with E-state index in [0.29, 0.717) is 17.9 Å². The van der Waals surface area contributed by atoms with E-state index < -0.39 is 0 Å². The van der Waals surface area contributed by atoms with Crippen LogP contribution in [0.3, 0.4) is 0 Å². The zero-order valence-corrected chi connectivity index (χ0v) is 9.80. The zero-order valence-electron chi connectivity index (χ0n) is 9.80. The molecule has 5 heteroatoms. The minimum absolute atomic E-state index is 0.00268. The molecule has 1 amide bonds. The normalized spacial score (nSPS) is 12.2. The van der Waals surface area contributed by atoms with Crippen LogP contribution < -0.4 is 5.73 Å². The van der Waals surface area contributed by atoms with E-state index in [1.807, 2.05) is 6.92 Å². The van der Waals surface area contributed by atoms with Crippen molar-refractivity contribution in [1.82, 2.24) is 9.88 Å². The molecule has 1 aromatic rings. The molecule has 1 aromatic heterocycles.